The molecule has 0 unspecified atom stereocenters. The van der Waals surface area contributed by atoms with Crippen LogP contribution < -0.4 is 5.73 Å². The number of aromatic nitrogens is 4. The fourth-order valence-electron chi connectivity index (χ4n) is 1.34. The highest BCUT2D eigenvalue weighted by atomic mass is 32.1. The van der Waals surface area contributed by atoms with Crippen molar-refractivity contribution in [3.8, 4) is 23.1 Å². The zero-order valence-corrected chi connectivity index (χ0v) is 9.39. The molecule has 3 heterocycles. The minimum absolute atomic E-state index is 0.297. The highest BCUT2D eigenvalue weighted by Gasteiger charge is 2.14. The van der Waals surface area contributed by atoms with Crippen molar-refractivity contribution in [3.63, 3.8) is 0 Å². The Morgan fingerprint density at radius 1 is 1.29 bits per heavy atom. The van der Waals surface area contributed by atoms with Gasteiger partial charge in [-0.1, -0.05) is 5.16 Å². The van der Waals surface area contributed by atoms with Crippen LogP contribution in [0.25, 0.3) is 23.1 Å². The lowest BCUT2D eigenvalue weighted by atomic mass is 10.3. The summed E-state index contributed by atoms with van der Waals surface area (Å²) in [5.41, 5.74) is 9.15. The maximum Gasteiger partial charge on any atom is 0.279 e. The summed E-state index contributed by atoms with van der Waals surface area (Å²) < 4.78 is 5.12. The third-order valence-corrected chi connectivity index (χ3v) is 2.72. The molecular weight excluding hydrogens is 238 g/mol. The smallest absolute Gasteiger partial charge is 0.279 e. The second kappa shape index (κ2) is 3.95. The van der Waals surface area contributed by atoms with Gasteiger partial charge in [0, 0.05) is 11.6 Å². The molecule has 0 aliphatic carbocycles. The lowest BCUT2D eigenvalue weighted by molar-refractivity contribution is 0.431. The van der Waals surface area contributed by atoms with Crippen molar-refractivity contribution in [1.82, 2.24) is 20.1 Å². The van der Waals surface area contributed by atoms with E-state index in [1.807, 2.05) is 5.38 Å². The minimum atomic E-state index is 0.297. The van der Waals surface area contributed by atoms with Gasteiger partial charge in [-0.2, -0.15) is 4.98 Å². The molecule has 0 saturated heterocycles. The first kappa shape index (κ1) is 9.91. The first-order valence-corrected chi connectivity index (χ1v) is 5.72. The van der Waals surface area contributed by atoms with E-state index in [-0.39, 0.29) is 0 Å². The number of hydrogen-bond donors (Lipinski definition) is 1. The van der Waals surface area contributed by atoms with Crippen molar-refractivity contribution in [3.05, 3.63) is 29.2 Å². The zero-order chi connectivity index (χ0) is 11.7. The molecule has 0 radical (unpaired) electrons. The van der Waals surface area contributed by atoms with E-state index in [1.54, 1.807) is 23.8 Å². The minimum Gasteiger partial charge on any atom is -0.397 e. The van der Waals surface area contributed by atoms with E-state index in [9.17, 15) is 0 Å². The van der Waals surface area contributed by atoms with E-state index >= 15 is 0 Å². The lowest BCUT2D eigenvalue weighted by Crippen LogP contribution is -1.92. The molecule has 17 heavy (non-hydrogen) atoms. The van der Waals surface area contributed by atoms with Gasteiger partial charge in [-0.05, 0) is 12.1 Å². The van der Waals surface area contributed by atoms with Crippen molar-refractivity contribution >= 4 is 17.0 Å². The number of anilines is 1. The molecule has 0 atom stereocenters. The topological polar surface area (TPSA) is 90.7 Å². The third-order valence-electron chi connectivity index (χ3n) is 2.13. The molecule has 0 aliphatic rings. The maximum atomic E-state index is 5.78. The molecule has 3 aromatic rings. The average molecular weight is 245 g/mol. The summed E-state index contributed by atoms with van der Waals surface area (Å²) in [5.74, 6) is 0.734. The van der Waals surface area contributed by atoms with Crippen molar-refractivity contribution < 1.29 is 4.52 Å². The Morgan fingerprint density at radius 3 is 3.00 bits per heavy atom. The van der Waals surface area contributed by atoms with Crippen LogP contribution in [-0.2, 0) is 0 Å². The van der Waals surface area contributed by atoms with Gasteiger partial charge in [0.2, 0.25) is 5.82 Å². The number of hydrogen-bond acceptors (Lipinski definition) is 7. The number of nitrogen functional groups attached to an aromatic ring is 1. The Bertz CT molecular complexity index is 634. The van der Waals surface area contributed by atoms with E-state index in [0.29, 0.717) is 28.8 Å². The SMILES string of the molecule is Nc1cccnc1-c1nc(-c2cscn2)no1. The Balaban J connectivity index is 2.04. The summed E-state index contributed by atoms with van der Waals surface area (Å²) in [6, 6.07) is 3.48. The van der Waals surface area contributed by atoms with E-state index < -0.39 is 0 Å². The molecule has 0 aliphatic heterocycles. The van der Waals surface area contributed by atoms with Crippen LogP contribution in [0.3, 0.4) is 0 Å². The summed E-state index contributed by atoms with van der Waals surface area (Å²) in [5, 5.41) is 5.68. The van der Waals surface area contributed by atoms with Crippen LogP contribution in [0.2, 0.25) is 0 Å². The molecule has 2 N–H and O–H groups in total. The van der Waals surface area contributed by atoms with E-state index in [4.69, 9.17) is 10.3 Å². The Hall–Kier alpha value is -2.28. The van der Waals surface area contributed by atoms with E-state index in [0.717, 1.165) is 0 Å². The van der Waals surface area contributed by atoms with Gasteiger partial charge in [-0.15, -0.1) is 11.3 Å². The van der Waals surface area contributed by atoms with E-state index in [2.05, 4.69) is 20.1 Å². The summed E-state index contributed by atoms with van der Waals surface area (Å²) in [6.45, 7) is 0. The first-order chi connectivity index (χ1) is 8.34. The van der Waals surface area contributed by atoms with Crippen LogP contribution in [0, 0.1) is 0 Å². The summed E-state index contributed by atoms with van der Waals surface area (Å²) >= 11 is 1.47. The predicted molar refractivity (Wildman–Crippen MR) is 63.0 cm³/mol. The van der Waals surface area contributed by atoms with Gasteiger partial charge in [-0.3, -0.25) is 0 Å². The Morgan fingerprint density at radius 2 is 2.24 bits per heavy atom. The largest absolute Gasteiger partial charge is 0.397 e. The number of nitrogens with zero attached hydrogens (tertiary/aromatic N) is 4. The van der Waals surface area contributed by atoms with Gasteiger partial charge in [0.1, 0.15) is 5.69 Å². The first-order valence-electron chi connectivity index (χ1n) is 4.78. The molecule has 3 aromatic heterocycles. The number of thiazole rings is 1. The molecule has 0 fully saturated rings. The zero-order valence-electron chi connectivity index (χ0n) is 8.57. The van der Waals surface area contributed by atoms with Crippen molar-refractivity contribution in [2.45, 2.75) is 0 Å². The van der Waals surface area contributed by atoms with Crippen molar-refractivity contribution in [2.75, 3.05) is 5.73 Å². The third kappa shape index (κ3) is 1.76. The molecule has 0 saturated carbocycles. The van der Waals surface area contributed by atoms with Gasteiger partial charge in [-0.25, -0.2) is 9.97 Å². The van der Waals surface area contributed by atoms with Crippen molar-refractivity contribution in [1.29, 1.82) is 0 Å². The van der Waals surface area contributed by atoms with Gasteiger partial charge in [0.15, 0.2) is 5.69 Å². The monoisotopic (exact) mass is 245 g/mol. The molecule has 0 bridgehead atoms. The lowest BCUT2D eigenvalue weighted by Gasteiger charge is -1.96. The molecular formula is C10H7N5OS. The predicted octanol–water partition coefficient (Wildman–Crippen LogP) is 1.84. The molecule has 84 valence electrons. The van der Waals surface area contributed by atoms with E-state index in [1.165, 1.54) is 11.3 Å². The number of rotatable bonds is 2. The summed E-state index contributed by atoms with van der Waals surface area (Å²) in [4.78, 5) is 12.4. The van der Waals surface area contributed by atoms with Crippen LogP contribution in [0.1, 0.15) is 0 Å². The second-order valence-corrected chi connectivity index (χ2v) is 3.96. The van der Waals surface area contributed by atoms with Crippen LogP contribution in [0.4, 0.5) is 5.69 Å². The fourth-order valence-corrected chi connectivity index (χ4v) is 1.87. The van der Waals surface area contributed by atoms with Gasteiger partial charge < -0.3 is 10.3 Å². The Labute approximate surface area is 100 Å². The summed E-state index contributed by atoms with van der Waals surface area (Å²) in [6.07, 6.45) is 1.62. The highest BCUT2D eigenvalue weighted by Crippen LogP contribution is 2.23. The standard InChI is InChI=1S/C10H7N5OS/c11-6-2-1-3-12-8(6)10-14-9(15-16-10)7-4-17-5-13-7/h1-5H,11H2. The molecule has 0 aromatic carbocycles. The van der Waals surface area contributed by atoms with Crippen LogP contribution in [0.5, 0.6) is 0 Å². The Kier molecular flexibility index (Phi) is 2.30. The van der Waals surface area contributed by atoms with Crippen molar-refractivity contribution in [2.24, 2.45) is 0 Å². The molecule has 7 heteroatoms. The molecule has 0 spiro atoms. The molecule has 6 nitrogen and oxygen atoms in total. The number of nitrogens with two attached hydrogens (primary N) is 1. The van der Waals surface area contributed by atoms with Gasteiger partial charge >= 0.3 is 0 Å². The average Bonchev–Trinajstić information content (AvgIpc) is 3.00. The quantitative estimate of drug-likeness (QED) is 0.740. The molecule has 3 rings (SSSR count). The fraction of sp³-hybridized carbons (Fsp3) is 0. The number of pyridine rings is 1. The molecule has 0 amide bonds. The van der Waals surface area contributed by atoms with Crippen LogP contribution in [0.15, 0.2) is 33.7 Å². The normalized spacial score (nSPS) is 10.6. The van der Waals surface area contributed by atoms with Gasteiger partial charge in [0.25, 0.3) is 5.89 Å². The highest BCUT2D eigenvalue weighted by molar-refractivity contribution is 7.07. The van der Waals surface area contributed by atoms with Crippen LogP contribution in [-0.4, -0.2) is 20.1 Å². The summed E-state index contributed by atoms with van der Waals surface area (Å²) in [7, 11) is 0. The maximum absolute atomic E-state index is 5.78. The second-order valence-electron chi connectivity index (χ2n) is 3.24. The van der Waals surface area contributed by atoms with Gasteiger partial charge in [0.05, 0.1) is 11.2 Å². The van der Waals surface area contributed by atoms with Crippen LogP contribution >= 0.6 is 11.3 Å².